The lowest BCUT2D eigenvalue weighted by atomic mass is 9.79. The van der Waals surface area contributed by atoms with Gasteiger partial charge in [0.05, 0.1) is 23.4 Å². The van der Waals surface area contributed by atoms with Crippen LogP contribution in [0.5, 0.6) is 0 Å². The largest absolute Gasteiger partial charge is 0.434 e. The van der Waals surface area contributed by atoms with E-state index in [9.17, 15) is 9.59 Å². The van der Waals surface area contributed by atoms with Gasteiger partial charge in [0.1, 0.15) is 0 Å². The zero-order chi connectivity index (χ0) is 27.8. The second kappa shape index (κ2) is 13.0. The number of nitrogens with one attached hydrogen (secondary N) is 1. The maximum Gasteiger partial charge on any atom is 0.434 e. The molecule has 0 aliphatic carbocycles. The number of hydrogen-bond acceptors (Lipinski definition) is 6. The summed E-state index contributed by atoms with van der Waals surface area (Å²) in [4.78, 5) is 35.6. The van der Waals surface area contributed by atoms with Crippen LogP contribution in [0.3, 0.4) is 0 Å². The van der Waals surface area contributed by atoms with Crippen molar-refractivity contribution in [1.29, 1.82) is 0 Å². The predicted octanol–water partition coefficient (Wildman–Crippen LogP) is 7.19. The summed E-state index contributed by atoms with van der Waals surface area (Å²) in [6.07, 6.45) is -0.447. The molecule has 0 saturated heterocycles. The first kappa shape index (κ1) is 31.3. The van der Waals surface area contributed by atoms with Crippen molar-refractivity contribution in [1.82, 2.24) is 5.32 Å². The van der Waals surface area contributed by atoms with E-state index in [0.717, 1.165) is 22.6 Å². The van der Waals surface area contributed by atoms with Gasteiger partial charge >= 0.3 is 12.1 Å². The Kier molecular flexibility index (Phi) is 11.3. The lowest BCUT2D eigenvalue weighted by molar-refractivity contribution is -0.145. The van der Waals surface area contributed by atoms with E-state index in [4.69, 9.17) is 9.68 Å². The topological polar surface area (TPSA) is 89.3 Å². The van der Waals surface area contributed by atoms with Gasteiger partial charge in [-0.1, -0.05) is 104 Å². The lowest BCUT2D eigenvalue weighted by Gasteiger charge is -2.29. The molecule has 1 amide bonds. The van der Waals surface area contributed by atoms with Crippen LogP contribution in [0.2, 0.25) is 0 Å². The van der Waals surface area contributed by atoms with E-state index in [2.05, 4.69) is 15.6 Å². The van der Waals surface area contributed by atoms with Gasteiger partial charge in [-0.25, -0.2) is 9.59 Å². The first-order valence-electron chi connectivity index (χ1n) is 12.9. The van der Waals surface area contributed by atoms with Gasteiger partial charge < -0.3 is 10.2 Å². The molecule has 0 unspecified atom stereocenters. The van der Waals surface area contributed by atoms with E-state index in [1.165, 1.54) is 0 Å². The van der Waals surface area contributed by atoms with Crippen LogP contribution in [0.25, 0.3) is 0 Å². The molecule has 0 aliphatic rings. The summed E-state index contributed by atoms with van der Waals surface area (Å²) in [5.41, 5.74) is 2.32. The smallest absolute Gasteiger partial charge is 0.318 e. The first-order valence-corrected chi connectivity index (χ1v) is 12.9. The number of carbonyl (C=O) groups excluding carboxylic acids is 2. The number of hydrogen-bond donors (Lipinski definition) is 1. The average molecular weight is 502 g/mol. The summed E-state index contributed by atoms with van der Waals surface area (Å²) in [7, 11) is 0. The standard InChI is InChI=1S/C29H47N3O4/c1-18(2)25(19(3)4)31-35-24(33)17-28(9,10)22-14-13-15-23(16-22)29(11,12)30-27(34)36-32-26(20(5)6)21(7)8/h13-16,18-21H,17H2,1-12H3,(H,30,34). The minimum Gasteiger partial charge on any atom is -0.318 e. The Morgan fingerprint density at radius 2 is 1.22 bits per heavy atom. The fourth-order valence-corrected chi connectivity index (χ4v) is 4.13. The molecule has 1 rings (SSSR count). The molecular formula is C29H47N3O4. The van der Waals surface area contributed by atoms with Crippen LogP contribution in [-0.4, -0.2) is 23.5 Å². The Hall–Kier alpha value is -2.70. The summed E-state index contributed by atoms with van der Waals surface area (Å²) in [6, 6.07) is 7.84. The molecule has 0 aromatic heterocycles. The van der Waals surface area contributed by atoms with E-state index >= 15 is 0 Å². The van der Waals surface area contributed by atoms with E-state index in [-0.39, 0.29) is 36.1 Å². The Morgan fingerprint density at radius 1 is 0.778 bits per heavy atom. The van der Waals surface area contributed by atoms with Crippen molar-refractivity contribution in [3.63, 3.8) is 0 Å². The van der Waals surface area contributed by atoms with Crippen molar-refractivity contribution in [3.8, 4) is 0 Å². The molecule has 0 radical (unpaired) electrons. The lowest BCUT2D eigenvalue weighted by Crippen LogP contribution is -2.41. The first-order chi connectivity index (χ1) is 16.5. The summed E-state index contributed by atoms with van der Waals surface area (Å²) < 4.78 is 0. The highest BCUT2D eigenvalue weighted by molar-refractivity contribution is 5.88. The quantitative estimate of drug-likeness (QED) is 0.197. The summed E-state index contributed by atoms with van der Waals surface area (Å²) in [5, 5.41) is 11.1. The van der Waals surface area contributed by atoms with Crippen LogP contribution in [-0.2, 0) is 25.4 Å². The highest BCUT2D eigenvalue weighted by Gasteiger charge is 2.29. The van der Waals surface area contributed by atoms with E-state index in [0.29, 0.717) is 0 Å². The van der Waals surface area contributed by atoms with Gasteiger partial charge in [0.15, 0.2) is 0 Å². The minimum atomic E-state index is -0.719. The van der Waals surface area contributed by atoms with Crippen LogP contribution >= 0.6 is 0 Å². The third-order valence-corrected chi connectivity index (χ3v) is 6.22. The fraction of sp³-hybridized carbons (Fsp3) is 0.655. The van der Waals surface area contributed by atoms with Crippen LogP contribution in [0.4, 0.5) is 4.79 Å². The molecule has 7 heteroatoms. The van der Waals surface area contributed by atoms with Gasteiger partial charge in [0.2, 0.25) is 0 Å². The van der Waals surface area contributed by atoms with Gasteiger partial charge in [-0.15, -0.1) is 0 Å². The van der Waals surface area contributed by atoms with Crippen molar-refractivity contribution in [2.24, 2.45) is 34.0 Å². The zero-order valence-corrected chi connectivity index (χ0v) is 24.4. The predicted molar refractivity (Wildman–Crippen MR) is 147 cm³/mol. The summed E-state index contributed by atoms with van der Waals surface area (Å²) in [5.74, 6) is 0.400. The molecule has 0 atom stereocenters. The Morgan fingerprint density at radius 3 is 1.69 bits per heavy atom. The monoisotopic (exact) mass is 501 g/mol. The molecule has 1 N–H and O–H groups in total. The maximum atomic E-state index is 12.6. The van der Waals surface area contributed by atoms with Crippen molar-refractivity contribution >= 4 is 23.5 Å². The molecule has 1 aromatic rings. The molecule has 1 aromatic carbocycles. The molecule has 36 heavy (non-hydrogen) atoms. The normalized spacial score (nSPS) is 12.1. The number of nitrogens with zero attached hydrogens (tertiary/aromatic N) is 2. The fourth-order valence-electron chi connectivity index (χ4n) is 4.13. The van der Waals surface area contributed by atoms with Crippen molar-refractivity contribution < 1.29 is 19.3 Å². The maximum absolute atomic E-state index is 12.6. The van der Waals surface area contributed by atoms with Gasteiger partial charge in [-0.05, 0) is 48.6 Å². The van der Waals surface area contributed by atoms with Crippen molar-refractivity contribution in [3.05, 3.63) is 35.4 Å². The van der Waals surface area contributed by atoms with Gasteiger partial charge in [0.25, 0.3) is 0 Å². The molecule has 0 fully saturated rings. The van der Waals surface area contributed by atoms with Crippen molar-refractivity contribution in [2.45, 2.75) is 100 Å². The summed E-state index contributed by atoms with van der Waals surface area (Å²) in [6.45, 7) is 24.0. The SMILES string of the molecule is CC(C)C(=NOC(=O)CC(C)(C)c1cccc(C(C)(C)NC(=O)ON=C(C(C)C)C(C)C)c1)C(C)C. The van der Waals surface area contributed by atoms with Crippen molar-refractivity contribution in [2.75, 3.05) is 0 Å². The Balaban J connectivity index is 3.00. The molecule has 7 nitrogen and oxygen atoms in total. The number of benzene rings is 1. The van der Waals surface area contributed by atoms with Crippen LogP contribution in [0.1, 0.15) is 101 Å². The third-order valence-electron chi connectivity index (χ3n) is 6.22. The number of carbonyl (C=O) groups is 2. The van der Waals surface area contributed by atoms with Crippen LogP contribution in [0, 0.1) is 23.7 Å². The zero-order valence-electron chi connectivity index (χ0n) is 24.4. The number of oxime groups is 2. The van der Waals surface area contributed by atoms with E-state index in [1.54, 1.807) is 0 Å². The molecule has 202 valence electrons. The third kappa shape index (κ3) is 9.40. The van der Waals surface area contributed by atoms with E-state index < -0.39 is 17.0 Å². The van der Waals surface area contributed by atoms with Gasteiger partial charge in [-0.2, -0.15) is 0 Å². The molecule has 0 spiro atoms. The Bertz CT molecular complexity index is 864. The van der Waals surface area contributed by atoms with Gasteiger partial charge in [-0.3, -0.25) is 4.84 Å². The highest BCUT2D eigenvalue weighted by atomic mass is 16.7. The van der Waals surface area contributed by atoms with Crippen LogP contribution < -0.4 is 5.32 Å². The number of amides is 1. The highest BCUT2D eigenvalue weighted by Crippen LogP contribution is 2.31. The Labute approximate surface area is 218 Å². The molecule has 0 bridgehead atoms. The molecular weight excluding hydrogens is 454 g/mol. The molecule has 0 saturated carbocycles. The number of rotatable bonds is 11. The van der Waals surface area contributed by atoms with E-state index in [1.807, 2.05) is 107 Å². The minimum absolute atomic E-state index is 0.168. The summed E-state index contributed by atoms with van der Waals surface area (Å²) >= 11 is 0. The second-order valence-electron chi connectivity index (χ2n) is 11.9. The second-order valence-corrected chi connectivity index (χ2v) is 11.9. The van der Waals surface area contributed by atoms with Gasteiger partial charge in [0, 0.05) is 5.41 Å². The van der Waals surface area contributed by atoms with Crippen LogP contribution in [0.15, 0.2) is 34.6 Å². The molecule has 0 aliphatic heterocycles. The average Bonchev–Trinajstić information content (AvgIpc) is 2.72. The molecule has 0 heterocycles.